The van der Waals surface area contributed by atoms with Gasteiger partial charge in [-0.15, -0.1) is 0 Å². The summed E-state index contributed by atoms with van der Waals surface area (Å²) < 4.78 is 3.72. The van der Waals surface area contributed by atoms with Crippen LogP contribution in [0.5, 0.6) is 0 Å². The quantitative estimate of drug-likeness (QED) is 0.445. The molecule has 1 aliphatic carbocycles. The number of aromatic nitrogens is 7. The average Bonchev–Trinajstić information content (AvgIpc) is 3.33. The van der Waals surface area contributed by atoms with Gasteiger partial charge in [-0.1, -0.05) is 18.2 Å². The summed E-state index contributed by atoms with van der Waals surface area (Å²) >= 11 is 0. The molecule has 1 fully saturated rings. The highest BCUT2D eigenvalue weighted by Crippen LogP contribution is 2.38. The normalized spacial score (nSPS) is 14.8. The van der Waals surface area contributed by atoms with Crippen LogP contribution < -0.4 is 10.9 Å². The molecule has 32 heavy (non-hydrogen) atoms. The standard InChI is InChI=1S/C23H22N8O/c1-13(29-22-20-21(25-11-24-20)26-12-27-22)18-8-14-4-3-5-17(15-9-28-30(2)10-15)19(14)23(32)31(18)16-6-7-16/h3-5,8-13,16H,6-7H2,1-2H3,(H2,24,25,26,27,29)/t13-/m0/s1. The highest BCUT2D eigenvalue weighted by molar-refractivity contribution is 5.96. The Kier molecular flexibility index (Phi) is 4.11. The van der Waals surface area contributed by atoms with Crippen molar-refractivity contribution in [1.29, 1.82) is 0 Å². The van der Waals surface area contributed by atoms with Crippen molar-refractivity contribution < 1.29 is 0 Å². The molecule has 4 aromatic heterocycles. The van der Waals surface area contributed by atoms with E-state index in [1.165, 1.54) is 6.33 Å². The summed E-state index contributed by atoms with van der Waals surface area (Å²) in [5, 5.41) is 9.39. The van der Waals surface area contributed by atoms with Gasteiger partial charge in [0, 0.05) is 30.5 Å². The predicted octanol–water partition coefficient (Wildman–Crippen LogP) is 3.58. The van der Waals surface area contributed by atoms with Crippen molar-refractivity contribution in [2.75, 3.05) is 5.32 Å². The summed E-state index contributed by atoms with van der Waals surface area (Å²) in [7, 11) is 1.88. The van der Waals surface area contributed by atoms with E-state index < -0.39 is 0 Å². The Morgan fingerprint density at radius 2 is 2.09 bits per heavy atom. The average molecular weight is 426 g/mol. The van der Waals surface area contributed by atoms with Crippen LogP contribution in [0.1, 0.15) is 37.5 Å². The van der Waals surface area contributed by atoms with E-state index in [1.807, 2.05) is 42.9 Å². The number of benzene rings is 1. The van der Waals surface area contributed by atoms with E-state index in [2.05, 4.69) is 36.4 Å². The molecule has 0 spiro atoms. The molecular formula is C23H22N8O. The number of H-pyrrole nitrogens is 1. The Labute approximate surface area is 183 Å². The monoisotopic (exact) mass is 426 g/mol. The van der Waals surface area contributed by atoms with Gasteiger partial charge in [0.15, 0.2) is 11.5 Å². The number of pyridine rings is 1. The second kappa shape index (κ2) is 7.01. The van der Waals surface area contributed by atoms with Crippen LogP contribution in [0.2, 0.25) is 0 Å². The van der Waals surface area contributed by atoms with E-state index in [1.54, 1.807) is 17.2 Å². The zero-order chi connectivity index (χ0) is 21.8. The number of imidazole rings is 1. The molecule has 1 aromatic carbocycles. The lowest BCUT2D eigenvalue weighted by Crippen LogP contribution is -2.26. The van der Waals surface area contributed by atoms with E-state index in [-0.39, 0.29) is 17.6 Å². The van der Waals surface area contributed by atoms with Gasteiger partial charge < -0.3 is 14.9 Å². The largest absolute Gasteiger partial charge is 0.360 e. The number of rotatable bonds is 5. The van der Waals surface area contributed by atoms with Crippen LogP contribution in [0.3, 0.4) is 0 Å². The number of nitrogens with one attached hydrogen (secondary N) is 2. The first-order chi connectivity index (χ1) is 15.6. The molecule has 0 bridgehead atoms. The molecule has 1 aliphatic rings. The van der Waals surface area contributed by atoms with Crippen LogP contribution in [0.4, 0.5) is 5.82 Å². The number of anilines is 1. The number of nitrogens with zero attached hydrogens (tertiary/aromatic N) is 6. The highest BCUT2D eigenvalue weighted by atomic mass is 16.1. The van der Waals surface area contributed by atoms with Crippen LogP contribution >= 0.6 is 0 Å². The van der Waals surface area contributed by atoms with Crippen LogP contribution in [0.25, 0.3) is 33.1 Å². The second-order valence-electron chi connectivity index (χ2n) is 8.34. The lowest BCUT2D eigenvalue weighted by atomic mass is 10.00. The summed E-state index contributed by atoms with van der Waals surface area (Å²) in [5.74, 6) is 0.641. The SMILES string of the molecule is C[C@H](Nc1ncnc2[nH]cnc12)c1cc2cccc(-c3cnn(C)c3)c2c(=O)n1C1CC1. The van der Waals surface area contributed by atoms with Crippen LogP contribution in [-0.2, 0) is 7.05 Å². The van der Waals surface area contributed by atoms with Gasteiger partial charge in [0.25, 0.3) is 5.56 Å². The molecule has 2 N–H and O–H groups in total. The first-order valence-corrected chi connectivity index (χ1v) is 10.7. The van der Waals surface area contributed by atoms with Crippen molar-refractivity contribution in [2.24, 2.45) is 7.05 Å². The highest BCUT2D eigenvalue weighted by Gasteiger charge is 2.30. The second-order valence-corrected chi connectivity index (χ2v) is 8.34. The van der Waals surface area contributed by atoms with Crippen molar-refractivity contribution in [2.45, 2.75) is 31.8 Å². The summed E-state index contributed by atoms with van der Waals surface area (Å²) in [4.78, 5) is 29.7. The third-order valence-electron chi connectivity index (χ3n) is 6.05. The molecule has 4 heterocycles. The van der Waals surface area contributed by atoms with Crippen LogP contribution in [0, 0.1) is 0 Å². The van der Waals surface area contributed by atoms with Crippen LogP contribution in [-0.4, -0.2) is 34.3 Å². The molecular weight excluding hydrogens is 404 g/mol. The zero-order valence-electron chi connectivity index (χ0n) is 17.8. The lowest BCUT2D eigenvalue weighted by Gasteiger charge is -2.21. The lowest BCUT2D eigenvalue weighted by molar-refractivity contribution is 0.636. The maximum atomic E-state index is 13.8. The predicted molar refractivity (Wildman–Crippen MR) is 122 cm³/mol. The molecule has 9 nitrogen and oxygen atoms in total. The van der Waals surface area contributed by atoms with E-state index in [0.29, 0.717) is 17.0 Å². The molecule has 0 radical (unpaired) electrons. The fourth-order valence-corrected chi connectivity index (χ4v) is 4.39. The number of hydrogen-bond donors (Lipinski definition) is 2. The number of hydrogen-bond acceptors (Lipinski definition) is 6. The molecule has 1 atom stereocenters. The number of aromatic amines is 1. The molecule has 0 amide bonds. The van der Waals surface area contributed by atoms with Crippen molar-refractivity contribution >= 4 is 27.8 Å². The maximum Gasteiger partial charge on any atom is 0.259 e. The van der Waals surface area contributed by atoms with Gasteiger partial charge >= 0.3 is 0 Å². The summed E-state index contributed by atoms with van der Waals surface area (Å²) in [5.41, 5.74) is 4.19. The zero-order valence-corrected chi connectivity index (χ0v) is 17.8. The Balaban J connectivity index is 1.51. The van der Waals surface area contributed by atoms with Gasteiger partial charge in [-0.25, -0.2) is 15.0 Å². The summed E-state index contributed by atoms with van der Waals surface area (Å²) in [6.07, 6.45) is 8.88. The van der Waals surface area contributed by atoms with Crippen molar-refractivity contribution in [3.8, 4) is 11.1 Å². The third kappa shape index (κ3) is 2.96. The van der Waals surface area contributed by atoms with Gasteiger partial charge in [0.2, 0.25) is 0 Å². The van der Waals surface area contributed by atoms with Gasteiger partial charge in [-0.05, 0) is 36.8 Å². The Morgan fingerprint density at radius 3 is 2.88 bits per heavy atom. The van der Waals surface area contributed by atoms with Gasteiger partial charge in [0.1, 0.15) is 11.8 Å². The fraction of sp³-hybridized carbons (Fsp3) is 0.261. The van der Waals surface area contributed by atoms with E-state index in [9.17, 15) is 4.79 Å². The number of fused-ring (bicyclic) bond motifs is 2. The minimum Gasteiger partial charge on any atom is -0.360 e. The molecule has 0 unspecified atom stereocenters. The van der Waals surface area contributed by atoms with Gasteiger partial charge in [0.05, 0.1) is 24.0 Å². The van der Waals surface area contributed by atoms with E-state index >= 15 is 0 Å². The summed E-state index contributed by atoms with van der Waals surface area (Å²) in [6.45, 7) is 2.05. The van der Waals surface area contributed by atoms with E-state index in [4.69, 9.17) is 0 Å². The molecule has 160 valence electrons. The molecule has 1 saturated carbocycles. The smallest absolute Gasteiger partial charge is 0.259 e. The first-order valence-electron chi connectivity index (χ1n) is 10.7. The molecule has 5 aromatic rings. The van der Waals surface area contributed by atoms with E-state index in [0.717, 1.165) is 40.4 Å². The maximum absolute atomic E-state index is 13.8. The minimum absolute atomic E-state index is 0.0423. The Bertz CT molecular complexity index is 1520. The molecule has 0 aliphatic heterocycles. The van der Waals surface area contributed by atoms with Crippen molar-refractivity contribution in [3.05, 3.63) is 65.4 Å². The number of aryl methyl sites for hydroxylation is 1. The third-order valence-corrected chi connectivity index (χ3v) is 6.05. The minimum atomic E-state index is -0.149. The van der Waals surface area contributed by atoms with Gasteiger partial charge in [-0.2, -0.15) is 5.10 Å². The van der Waals surface area contributed by atoms with Crippen molar-refractivity contribution in [1.82, 2.24) is 34.3 Å². The van der Waals surface area contributed by atoms with Crippen LogP contribution in [0.15, 0.2) is 54.1 Å². The molecule has 0 saturated heterocycles. The molecule has 6 rings (SSSR count). The van der Waals surface area contributed by atoms with Crippen molar-refractivity contribution in [3.63, 3.8) is 0 Å². The summed E-state index contributed by atoms with van der Waals surface area (Å²) in [6, 6.07) is 8.18. The Hall–Kier alpha value is -4.01. The van der Waals surface area contributed by atoms with Gasteiger partial charge in [-0.3, -0.25) is 9.48 Å². The molecule has 9 heteroatoms. The topological polar surface area (TPSA) is 106 Å². The Morgan fingerprint density at radius 1 is 1.22 bits per heavy atom. The first kappa shape index (κ1) is 18.7. The fourth-order valence-electron chi connectivity index (χ4n) is 4.39.